The number of amides is 1. The van der Waals surface area contributed by atoms with Crippen LogP contribution in [0.5, 0.6) is 5.75 Å². The zero-order valence-electron chi connectivity index (χ0n) is 19.8. The van der Waals surface area contributed by atoms with Crippen molar-refractivity contribution in [2.24, 2.45) is 0 Å². The Bertz CT molecular complexity index is 1280. The zero-order valence-corrected chi connectivity index (χ0v) is 20.6. The lowest BCUT2D eigenvalue weighted by Gasteiger charge is -2.14. The molecule has 0 radical (unpaired) electrons. The summed E-state index contributed by atoms with van der Waals surface area (Å²) < 4.78 is 7.53. The van der Waals surface area contributed by atoms with Crippen LogP contribution in [0, 0.1) is 6.92 Å². The Kier molecular flexibility index (Phi) is 7.33. The highest BCUT2D eigenvalue weighted by atomic mass is 32.2. The van der Waals surface area contributed by atoms with Gasteiger partial charge in [-0.3, -0.25) is 9.36 Å². The quantitative estimate of drug-likeness (QED) is 0.314. The summed E-state index contributed by atoms with van der Waals surface area (Å²) in [5.41, 5.74) is 4.87. The molecule has 0 spiro atoms. The van der Waals surface area contributed by atoms with Crippen molar-refractivity contribution in [3.05, 3.63) is 83.9 Å². The summed E-state index contributed by atoms with van der Waals surface area (Å²) in [5.74, 6) is 1.81. The largest absolute Gasteiger partial charge is 0.496 e. The smallest absolute Gasteiger partial charge is 0.234 e. The first-order valence-electron chi connectivity index (χ1n) is 11.2. The van der Waals surface area contributed by atoms with E-state index in [1.54, 1.807) is 7.11 Å². The molecule has 6 nitrogen and oxygen atoms in total. The second-order valence-corrected chi connectivity index (χ2v) is 9.20. The monoisotopic (exact) mass is 472 g/mol. The molecule has 1 N–H and O–H groups in total. The fourth-order valence-corrected chi connectivity index (χ4v) is 4.48. The number of hydrogen-bond acceptors (Lipinski definition) is 5. The van der Waals surface area contributed by atoms with Crippen LogP contribution in [-0.4, -0.2) is 33.5 Å². The standard InChI is InChI=1S/C27H28N4O2S/c1-18(2)21-9-5-7-11-23(21)28-25(32)17-34-27-30-29-26(22-10-6-8-12-24(22)33-4)31(27)20-15-13-19(3)14-16-20/h5-16,18H,17H2,1-4H3,(H,28,32). The summed E-state index contributed by atoms with van der Waals surface area (Å²) in [5, 5.41) is 12.6. The number of para-hydroxylation sites is 2. The van der Waals surface area contributed by atoms with Crippen LogP contribution in [-0.2, 0) is 4.79 Å². The number of nitrogens with zero attached hydrogens (tertiary/aromatic N) is 3. The Morgan fingerprint density at radius 3 is 2.44 bits per heavy atom. The van der Waals surface area contributed by atoms with Crippen molar-refractivity contribution in [3.8, 4) is 22.8 Å². The Balaban J connectivity index is 1.63. The van der Waals surface area contributed by atoms with Crippen molar-refractivity contribution in [3.63, 3.8) is 0 Å². The average Bonchev–Trinajstić information content (AvgIpc) is 3.27. The van der Waals surface area contributed by atoms with Gasteiger partial charge in [0, 0.05) is 11.4 Å². The molecule has 0 bridgehead atoms. The number of thioether (sulfide) groups is 1. The molecule has 4 rings (SSSR count). The first kappa shape index (κ1) is 23.6. The molecule has 3 aromatic carbocycles. The van der Waals surface area contributed by atoms with E-state index in [-0.39, 0.29) is 11.7 Å². The lowest BCUT2D eigenvalue weighted by molar-refractivity contribution is -0.113. The predicted molar refractivity (Wildman–Crippen MR) is 138 cm³/mol. The molecule has 0 aliphatic heterocycles. The first-order chi connectivity index (χ1) is 16.5. The van der Waals surface area contributed by atoms with Crippen LogP contribution in [0.25, 0.3) is 17.1 Å². The van der Waals surface area contributed by atoms with Gasteiger partial charge in [-0.1, -0.05) is 73.6 Å². The van der Waals surface area contributed by atoms with Crippen LogP contribution >= 0.6 is 11.8 Å². The van der Waals surface area contributed by atoms with Crippen LogP contribution in [0.15, 0.2) is 78.0 Å². The van der Waals surface area contributed by atoms with Crippen molar-refractivity contribution in [2.45, 2.75) is 31.8 Å². The number of benzene rings is 3. The molecule has 34 heavy (non-hydrogen) atoms. The van der Waals surface area contributed by atoms with Crippen molar-refractivity contribution >= 4 is 23.4 Å². The van der Waals surface area contributed by atoms with Gasteiger partial charge in [0.2, 0.25) is 5.91 Å². The number of carbonyl (C=O) groups excluding carboxylic acids is 1. The van der Waals surface area contributed by atoms with Gasteiger partial charge in [0.15, 0.2) is 11.0 Å². The lowest BCUT2D eigenvalue weighted by Crippen LogP contribution is -2.16. The molecule has 1 amide bonds. The fourth-order valence-electron chi connectivity index (χ4n) is 3.72. The molecular weight excluding hydrogens is 444 g/mol. The van der Waals surface area contributed by atoms with Gasteiger partial charge >= 0.3 is 0 Å². The van der Waals surface area contributed by atoms with Crippen molar-refractivity contribution in [2.75, 3.05) is 18.2 Å². The number of rotatable bonds is 8. The molecule has 0 atom stereocenters. The molecular formula is C27H28N4O2S. The molecule has 1 heterocycles. The van der Waals surface area contributed by atoms with E-state index >= 15 is 0 Å². The Morgan fingerprint density at radius 2 is 1.71 bits per heavy atom. The minimum absolute atomic E-state index is 0.0876. The van der Waals surface area contributed by atoms with Crippen molar-refractivity contribution < 1.29 is 9.53 Å². The number of anilines is 1. The topological polar surface area (TPSA) is 69.0 Å². The molecule has 1 aromatic heterocycles. The zero-order chi connectivity index (χ0) is 24.1. The summed E-state index contributed by atoms with van der Waals surface area (Å²) in [6.45, 7) is 6.28. The Morgan fingerprint density at radius 1 is 1.00 bits per heavy atom. The molecule has 0 saturated heterocycles. The van der Waals surface area contributed by atoms with Crippen LogP contribution in [0.1, 0.15) is 30.9 Å². The van der Waals surface area contributed by atoms with Gasteiger partial charge in [-0.15, -0.1) is 10.2 Å². The predicted octanol–water partition coefficient (Wildman–Crippen LogP) is 6.11. The number of nitrogens with one attached hydrogen (secondary N) is 1. The molecule has 4 aromatic rings. The number of aromatic nitrogens is 3. The summed E-state index contributed by atoms with van der Waals surface area (Å²) in [6, 6.07) is 23.8. The maximum absolute atomic E-state index is 12.8. The number of carbonyl (C=O) groups is 1. The highest BCUT2D eigenvalue weighted by molar-refractivity contribution is 7.99. The molecule has 7 heteroatoms. The number of methoxy groups -OCH3 is 1. The van der Waals surface area contributed by atoms with E-state index in [4.69, 9.17) is 4.74 Å². The summed E-state index contributed by atoms with van der Waals surface area (Å²) in [7, 11) is 1.64. The van der Waals surface area contributed by atoms with Gasteiger partial charge in [0.1, 0.15) is 5.75 Å². The summed E-state index contributed by atoms with van der Waals surface area (Å²) in [4.78, 5) is 12.8. The highest BCUT2D eigenvalue weighted by Gasteiger charge is 2.20. The normalized spacial score (nSPS) is 11.0. The van der Waals surface area contributed by atoms with Crippen LogP contribution in [0.4, 0.5) is 5.69 Å². The summed E-state index contributed by atoms with van der Waals surface area (Å²) >= 11 is 1.35. The van der Waals surface area contributed by atoms with Crippen LogP contribution in [0.3, 0.4) is 0 Å². The first-order valence-corrected chi connectivity index (χ1v) is 12.1. The second-order valence-electron chi connectivity index (χ2n) is 8.26. The van der Waals surface area contributed by atoms with E-state index in [9.17, 15) is 4.79 Å². The highest BCUT2D eigenvalue weighted by Crippen LogP contribution is 2.33. The molecule has 0 unspecified atom stereocenters. The van der Waals surface area contributed by atoms with Gasteiger partial charge in [-0.25, -0.2) is 0 Å². The van der Waals surface area contributed by atoms with E-state index < -0.39 is 0 Å². The van der Waals surface area contributed by atoms with Crippen molar-refractivity contribution in [1.29, 1.82) is 0 Å². The van der Waals surface area contributed by atoms with Crippen LogP contribution in [0.2, 0.25) is 0 Å². The minimum atomic E-state index is -0.0876. The van der Waals surface area contributed by atoms with E-state index in [0.29, 0.717) is 22.6 Å². The molecule has 0 aliphatic carbocycles. The van der Waals surface area contributed by atoms with E-state index in [0.717, 1.165) is 28.1 Å². The third-order valence-electron chi connectivity index (χ3n) is 5.46. The van der Waals surface area contributed by atoms with Crippen molar-refractivity contribution in [1.82, 2.24) is 14.8 Å². The van der Waals surface area contributed by atoms with E-state index in [2.05, 4.69) is 29.4 Å². The van der Waals surface area contributed by atoms with Gasteiger partial charge in [-0.2, -0.15) is 0 Å². The average molecular weight is 473 g/mol. The second kappa shape index (κ2) is 10.6. The minimum Gasteiger partial charge on any atom is -0.496 e. The number of aryl methyl sites for hydroxylation is 1. The maximum atomic E-state index is 12.8. The van der Waals surface area contributed by atoms with E-state index in [1.807, 2.05) is 84.3 Å². The van der Waals surface area contributed by atoms with Gasteiger partial charge < -0.3 is 10.1 Å². The Hall–Kier alpha value is -3.58. The van der Waals surface area contributed by atoms with Gasteiger partial charge in [0.25, 0.3) is 0 Å². The third-order valence-corrected chi connectivity index (χ3v) is 6.39. The number of ether oxygens (including phenoxy) is 1. The SMILES string of the molecule is COc1ccccc1-c1nnc(SCC(=O)Nc2ccccc2C(C)C)n1-c1ccc(C)cc1. The third kappa shape index (κ3) is 5.15. The summed E-state index contributed by atoms with van der Waals surface area (Å²) in [6.07, 6.45) is 0. The molecule has 0 aliphatic rings. The van der Waals surface area contributed by atoms with E-state index in [1.165, 1.54) is 11.8 Å². The maximum Gasteiger partial charge on any atom is 0.234 e. The number of hydrogen-bond donors (Lipinski definition) is 1. The molecule has 0 fully saturated rings. The Labute approximate surface area is 204 Å². The van der Waals surface area contributed by atoms with Gasteiger partial charge in [0.05, 0.1) is 18.4 Å². The molecule has 0 saturated carbocycles. The van der Waals surface area contributed by atoms with Crippen LogP contribution < -0.4 is 10.1 Å². The lowest BCUT2D eigenvalue weighted by atomic mass is 10.0. The fraction of sp³-hybridized carbons (Fsp3) is 0.222. The van der Waals surface area contributed by atoms with Gasteiger partial charge in [-0.05, 0) is 48.7 Å². The molecule has 174 valence electrons.